The highest BCUT2D eigenvalue weighted by Gasteiger charge is 2.30. The molecule has 8 heteroatoms. The van der Waals surface area contributed by atoms with E-state index in [1.165, 1.54) is 0 Å². The molecule has 2 unspecified atom stereocenters. The lowest BCUT2D eigenvalue weighted by Gasteiger charge is -2.17. The summed E-state index contributed by atoms with van der Waals surface area (Å²) in [6.45, 7) is 5.43. The number of nitrogens with zero attached hydrogens (tertiary/aromatic N) is 1. The van der Waals surface area contributed by atoms with Crippen molar-refractivity contribution in [2.75, 3.05) is 20.2 Å². The zero-order chi connectivity index (χ0) is 15.5. The Bertz CT molecular complexity index is 570. The molecule has 0 aliphatic carbocycles. The van der Waals surface area contributed by atoms with Gasteiger partial charge in [-0.3, -0.25) is 5.10 Å². The number of hydrogen-bond donors (Lipinski definition) is 3. The summed E-state index contributed by atoms with van der Waals surface area (Å²) in [6, 6.07) is 0. The van der Waals surface area contributed by atoms with Gasteiger partial charge in [0.25, 0.3) is 10.0 Å². The van der Waals surface area contributed by atoms with Crippen molar-refractivity contribution in [1.82, 2.24) is 20.2 Å². The molecule has 1 aliphatic heterocycles. The van der Waals surface area contributed by atoms with Crippen LogP contribution in [0.4, 0.5) is 0 Å². The van der Waals surface area contributed by atoms with E-state index < -0.39 is 10.0 Å². The average molecular weight is 316 g/mol. The monoisotopic (exact) mass is 316 g/mol. The third-order valence-electron chi connectivity index (χ3n) is 3.93. The van der Waals surface area contributed by atoms with Crippen LogP contribution in [0.25, 0.3) is 0 Å². The van der Waals surface area contributed by atoms with Crippen molar-refractivity contribution in [2.45, 2.75) is 44.4 Å². The van der Waals surface area contributed by atoms with Crippen molar-refractivity contribution in [2.24, 2.45) is 5.92 Å². The predicted octanol–water partition coefficient (Wildman–Crippen LogP) is 0.531. The Morgan fingerprint density at radius 2 is 2.24 bits per heavy atom. The van der Waals surface area contributed by atoms with Gasteiger partial charge in [-0.05, 0) is 26.8 Å². The fourth-order valence-corrected chi connectivity index (χ4v) is 3.99. The summed E-state index contributed by atoms with van der Waals surface area (Å²) in [5, 5.41) is 9.74. The van der Waals surface area contributed by atoms with E-state index in [0.717, 1.165) is 18.5 Å². The first kappa shape index (κ1) is 16.4. The zero-order valence-corrected chi connectivity index (χ0v) is 13.6. The summed E-state index contributed by atoms with van der Waals surface area (Å²) in [7, 11) is -1.82. The van der Waals surface area contributed by atoms with Crippen LogP contribution >= 0.6 is 0 Å². The molecular formula is C13H24N4O3S. The third-order valence-corrected chi connectivity index (χ3v) is 5.32. The highest BCUT2D eigenvalue weighted by atomic mass is 32.2. The molecule has 2 atom stereocenters. The summed E-state index contributed by atoms with van der Waals surface area (Å²) in [5.41, 5.74) is 1.44. The molecule has 0 amide bonds. The molecule has 1 fully saturated rings. The van der Waals surface area contributed by atoms with Crippen LogP contribution in [0.3, 0.4) is 0 Å². The van der Waals surface area contributed by atoms with Crippen LogP contribution in [0.1, 0.15) is 31.0 Å². The molecule has 0 saturated carbocycles. The van der Waals surface area contributed by atoms with Crippen molar-refractivity contribution in [3.63, 3.8) is 0 Å². The molecule has 1 aliphatic rings. The highest BCUT2D eigenvalue weighted by molar-refractivity contribution is 7.89. The summed E-state index contributed by atoms with van der Waals surface area (Å²) in [6.07, 6.45) is 1.94. The fourth-order valence-electron chi connectivity index (χ4n) is 2.70. The van der Waals surface area contributed by atoms with Crippen molar-refractivity contribution >= 4 is 10.0 Å². The molecule has 0 spiro atoms. The summed E-state index contributed by atoms with van der Waals surface area (Å²) >= 11 is 0. The van der Waals surface area contributed by atoms with E-state index in [2.05, 4.69) is 27.2 Å². The Kier molecular flexibility index (Phi) is 5.37. The van der Waals surface area contributed by atoms with Crippen LogP contribution in [0, 0.1) is 12.8 Å². The maximum atomic E-state index is 12.4. The predicted molar refractivity (Wildman–Crippen MR) is 79.4 cm³/mol. The van der Waals surface area contributed by atoms with Gasteiger partial charge in [0.05, 0.1) is 6.10 Å². The second-order valence-corrected chi connectivity index (χ2v) is 7.06. The standard InChI is InChI=1S/C13H24N4O3S/c1-4-12-10(5-6-20-12)7-15-21(18,19)13-11(8-14-3)9(2)16-17-13/h10,12,14-15H,4-8H2,1-3H3,(H,16,17). The quantitative estimate of drug-likeness (QED) is 0.682. The molecule has 21 heavy (non-hydrogen) atoms. The van der Waals surface area contributed by atoms with Gasteiger partial charge >= 0.3 is 0 Å². The Hall–Kier alpha value is -0.960. The Morgan fingerprint density at radius 1 is 1.48 bits per heavy atom. The van der Waals surface area contributed by atoms with Crippen molar-refractivity contribution < 1.29 is 13.2 Å². The Labute approximate surface area is 125 Å². The van der Waals surface area contributed by atoms with Gasteiger partial charge in [-0.1, -0.05) is 6.92 Å². The number of aryl methyl sites for hydroxylation is 1. The molecule has 120 valence electrons. The molecule has 0 bridgehead atoms. The summed E-state index contributed by atoms with van der Waals surface area (Å²) < 4.78 is 33.1. The number of aromatic amines is 1. The fraction of sp³-hybridized carbons (Fsp3) is 0.769. The topological polar surface area (TPSA) is 96.1 Å². The molecule has 3 N–H and O–H groups in total. The van der Waals surface area contributed by atoms with Gasteiger partial charge in [0, 0.05) is 36.9 Å². The molecular weight excluding hydrogens is 292 g/mol. The highest BCUT2D eigenvalue weighted by Crippen LogP contribution is 2.23. The first-order valence-corrected chi connectivity index (χ1v) is 8.77. The number of hydrogen-bond acceptors (Lipinski definition) is 5. The van der Waals surface area contributed by atoms with E-state index in [9.17, 15) is 8.42 Å². The van der Waals surface area contributed by atoms with E-state index in [1.807, 2.05) is 6.92 Å². The minimum atomic E-state index is -3.60. The number of rotatable bonds is 7. The maximum Gasteiger partial charge on any atom is 0.260 e. The molecule has 2 rings (SSSR count). The van der Waals surface area contributed by atoms with Crippen LogP contribution in [-0.4, -0.2) is 44.9 Å². The lowest BCUT2D eigenvalue weighted by atomic mass is 10.0. The normalized spacial score (nSPS) is 22.8. The lowest BCUT2D eigenvalue weighted by molar-refractivity contribution is 0.0884. The second kappa shape index (κ2) is 6.87. The van der Waals surface area contributed by atoms with Crippen LogP contribution in [0.15, 0.2) is 5.03 Å². The van der Waals surface area contributed by atoms with Gasteiger partial charge in [-0.15, -0.1) is 0 Å². The maximum absolute atomic E-state index is 12.4. The first-order valence-electron chi connectivity index (χ1n) is 7.29. The van der Waals surface area contributed by atoms with Gasteiger partial charge in [0.1, 0.15) is 0 Å². The minimum Gasteiger partial charge on any atom is -0.378 e. The van der Waals surface area contributed by atoms with Crippen LogP contribution in [0.2, 0.25) is 0 Å². The van der Waals surface area contributed by atoms with Crippen LogP contribution < -0.4 is 10.0 Å². The van der Waals surface area contributed by atoms with Gasteiger partial charge in [0.2, 0.25) is 0 Å². The molecule has 0 radical (unpaired) electrons. The SMILES string of the molecule is CCC1OCCC1CNS(=O)(=O)c1n[nH]c(C)c1CNC. The molecule has 0 aromatic carbocycles. The van der Waals surface area contributed by atoms with Gasteiger partial charge in [-0.25, -0.2) is 13.1 Å². The van der Waals surface area contributed by atoms with E-state index in [1.54, 1.807) is 7.05 Å². The number of nitrogens with one attached hydrogen (secondary N) is 3. The zero-order valence-electron chi connectivity index (χ0n) is 12.8. The summed E-state index contributed by atoms with van der Waals surface area (Å²) in [4.78, 5) is 0. The molecule has 1 saturated heterocycles. The molecule has 1 aromatic heterocycles. The van der Waals surface area contributed by atoms with Crippen molar-refractivity contribution in [3.8, 4) is 0 Å². The van der Waals surface area contributed by atoms with Gasteiger partial charge in [0.15, 0.2) is 5.03 Å². The smallest absolute Gasteiger partial charge is 0.260 e. The lowest BCUT2D eigenvalue weighted by Crippen LogP contribution is -2.33. The number of aromatic nitrogens is 2. The second-order valence-electron chi connectivity index (χ2n) is 5.38. The third kappa shape index (κ3) is 3.63. The van der Waals surface area contributed by atoms with Crippen molar-refractivity contribution in [3.05, 3.63) is 11.3 Å². The number of H-pyrrole nitrogens is 1. The minimum absolute atomic E-state index is 0.0845. The summed E-state index contributed by atoms with van der Waals surface area (Å²) in [5.74, 6) is 0.234. The average Bonchev–Trinajstić information content (AvgIpc) is 3.04. The number of ether oxygens (including phenoxy) is 1. The van der Waals surface area contributed by atoms with E-state index >= 15 is 0 Å². The van der Waals surface area contributed by atoms with Crippen molar-refractivity contribution in [1.29, 1.82) is 0 Å². The Morgan fingerprint density at radius 3 is 2.90 bits per heavy atom. The molecule has 1 aromatic rings. The Balaban J connectivity index is 2.08. The molecule has 7 nitrogen and oxygen atoms in total. The first-order chi connectivity index (χ1) is 9.99. The largest absolute Gasteiger partial charge is 0.378 e. The van der Waals surface area contributed by atoms with E-state index in [4.69, 9.17) is 4.74 Å². The van der Waals surface area contributed by atoms with E-state index in [0.29, 0.717) is 25.3 Å². The molecule has 2 heterocycles. The number of sulfonamides is 1. The van der Waals surface area contributed by atoms with Gasteiger partial charge in [-0.2, -0.15) is 5.10 Å². The van der Waals surface area contributed by atoms with Crippen LogP contribution in [-0.2, 0) is 21.3 Å². The van der Waals surface area contributed by atoms with Crippen LogP contribution in [0.5, 0.6) is 0 Å². The van der Waals surface area contributed by atoms with E-state index in [-0.39, 0.29) is 17.0 Å². The van der Waals surface area contributed by atoms with Gasteiger partial charge < -0.3 is 10.1 Å².